The number of rotatable bonds is 6. The average molecular weight is 574 g/mol. The summed E-state index contributed by atoms with van der Waals surface area (Å²) in [6, 6.07) is 12.6. The highest BCUT2D eigenvalue weighted by Crippen LogP contribution is 2.52. The van der Waals surface area contributed by atoms with Crippen LogP contribution in [0.5, 0.6) is 0 Å². The maximum Gasteiger partial charge on any atom is 0.191 e. The van der Waals surface area contributed by atoms with Crippen LogP contribution in [0.15, 0.2) is 56.5 Å². The van der Waals surface area contributed by atoms with E-state index in [2.05, 4.69) is 64.7 Å². The molecule has 2 aliphatic rings. The number of ether oxygens (including phenoxy) is 1. The van der Waals surface area contributed by atoms with Crippen molar-refractivity contribution >= 4 is 45.9 Å². The Bertz CT molecular complexity index is 808. The summed E-state index contributed by atoms with van der Waals surface area (Å²) in [5.41, 5.74) is 1.30. The number of furan rings is 1. The lowest BCUT2D eigenvalue weighted by molar-refractivity contribution is -0.106. The van der Waals surface area contributed by atoms with E-state index in [9.17, 15) is 0 Å². The Labute approximate surface area is 198 Å². The van der Waals surface area contributed by atoms with Crippen LogP contribution in [-0.4, -0.2) is 31.3 Å². The van der Waals surface area contributed by atoms with Crippen molar-refractivity contribution in [1.82, 2.24) is 10.6 Å². The fourth-order valence-electron chi connectivity index (χ4n) is 4.44. The molecule has 2 heterocycles. The van der Waals surface area contributed by atoms with Crippen LogP contribution in [0.1, 0.15) is 31.6 Å². The van der Waals surface area contributed by atoms with Crippen molar-refractivity contribution < 1.29 is 9.15 Å². The number of guanidine groups is 1. The Balaban J connectivity index is 0.00000240. The van der Waals surface area contributed by atoms with Gasteiger partial charge >= 0.3 is 0 Å². The smallest absolute Gasteiger partial charge is 0.191 e. The fourth-order valence-corrected chi connectivity index (χ4v) is 4.70. The third-order valence-electron chi connectivity index (χ3n) is 5.97. The third-order valence-corrected chi connectivity index (χ3v) is 6.50. The monoisotopic (exact) mass is 573 g/mol. The molecule has 1 aromatic carbocycles. The largest absolute Gasteiger partial charge is 0.469 e. The second kappa shape index (κ2) is 9.83. The number of benzene rings is 1. The van der Waals surface area contributed by atoms with Gasteiger partial charge in [0.15, 0.2) is 5.96 Å². The predicted molar refractivity (Wildman–Crippen MR) is 130 cm³/mol. The molecule has 3 unspecified atom stereocenters. The number of nitrogens with zero attached hydrogens (tertiary/aromatic N) is 1. The molecule has 0 spiro atoms. The molecule has 2 aromatic rings. The van der Waals surface area contributed by atoms with Crippen LogP contribution in [0.3, 0.4) is 0 Å². The van der Waals surface area contributed by atoms with Gasteiger partial charge in [-0.25, -0.2) is 4.99 Å². The zero-order valence-corrected chi connectivity index (χ0v) is 20.8. The topological polar surface area (TPSA) is 58.8 Å². The van der Waals surface area contributed by atoms with Crippen molar-refractivity contribution in [1.29, 1.82) is 0 Å². The fraction of sp³-hybridized carbons (Fsp3) is 0.500. The van der Waals surface area contributed by atoms with E-state index in [4.69, 9.17) is 14.1 Å². The molecule has 1 aromatic heterocycles. The first kappa shape index (κ1) is 22.6. The summed E-state index contributed by atoms with van der Waals surface area (Å²) in [5.74, 6) is 2.41. The Kier molecular flexibility index (Phi) is 7.67. The van der Waals surface area contributed by atoms with E-state index in [-0.39, 0.29) is 29.4 Å². The van der Waals surface area contributed by atoms with Crippen molar-refractivity contribution in [3.63, 3.8) is 0 Å². The summed E-state index contributed by atoms with van der Waals surface area (Å²) in [6.07, 6.45) is 4.03. The van der Waals surface area contributed by atoms with E-state index in [1.807, 2.05) is 12.1 Å². The lowest BCUT2D eigenvalue weighted by atomic mass is 9.57. The average Bonchev–Trinajstić information content (AvgIpc) is 3.35. The summed E-state index contributed by atoms with van der Waals surface area (Å²) in [6.45, 7) is 6.85. The van der Waals surface area contributed by atoms with Crippen LogP contribution in [0, 0.1) is 11.3 Å². The van der Waals surface area contributed by atoms with Gasteiger partial charge < -0.3 is 19.8 Å². The summed E-state index contributed by atoms with van der Waals surface area (Å²) in [5, 5.41) is 7.18. The maximum absolute atomic E-state index is 5.93. The molecule has 2 N–H and O–H groups in total. The minimum Gasteiger partial charge on any atom is -0.469 e. The first-order chi connectivity index (χ1) is 13.5. The van der Waals surface area contributed by atoms with E-state index in [1.54, 1.807) is 6.26 Å². The number of hydrogen-bond acceptors (Lipinski definition) is 3. The summed E-state index contributed by atoms with van der Waals surface area (Å²) < 4.78 is 12.5. The molecule has 1 aliphatic heterocycles. The van der Waals surface area contributed by atoms with Crippen molar-refractivity contribution in [2.24, 2.45) is 16.3 Å². The van der Waals surface area contributed by atoms with Crippen LogP contribution in [0.25, 0.3) is 0 Å². The predicted octanol–water partition coefficient (Wildman–Crippen LogP) is 4.75. The highest BCUT2D eigenvalue weighted by molar-refractivity contribution is 14.0. The quantitative estimate of drug-likeness (QED) is 0.297. The molecule has 1 aliphatic carbocycles. The van der Waals surface area contributed by atoms with Gasteiger partial charge in [-0.1, -0.05) is 41.9 Å². The molecular weight excluding hydrogens is 545 g/mol. The molecule has 0 amide bonds. The number of hydrogen-bond donors (Lipinski definition) is 2. The Morgan fingerprint density at radius 2 is 2.03 bits per heavy atom. The van der Waals surface area contributed by atoms with Crippen LogP contribution >= 0.6 is 39.9 Å². The van der Waals surface area contributed by atoms with Gasteiger partial charge in [0.2, 0.25) is 0 Å². The lowest BCUT2D eigenvalue weighted by Gasteiger charge is -2.54. The minimum atomic E-state index is 0. The van der Waals surface area contributed by atoms with E-state index in [0.717, 1.165) is 42.2 Å². The van der Waals surface area contributed by atoms with Gasteiger partial charge in [0.05, 0.1) is 18.9 Å². The third kappa shape index (κ3) is 5.17. The van der Waals surface area contributed by atoms with Gasteiger partial charge in [0.25, 0.3) is 0 Å². The highest BCUT2D eigenvalue weighted by atomic mass is 127. The normalized spacial score (nSPS) is 24.9. The number of aliphatic imine (C=N–C) groups is 1. The van der Waals surface area contributed by atoms with Crippen molar-refractivity contribution in [3.8, 4) is 0 Å². The van der Waals surface area contributed by atoms with E-state index >= 15 is 0 Å². The number of fused-ring (bicyclic) bond motifs is 1. The zero-order chi connectivity index (χ0) is 19.6. The van der Waals surface area contributed by atoms with Gasteiger partial charge in [-0.2, -0.15) is 0 Å². The Morgan fingerprint density at radius 3 is 2.76 bits per heavy atom. The number of nitrogens with one attached hydrogen (secondary N) is 2. The second-order valence-electron chi connectivity index (χ2n) is 8.23. The molecule has 7 heteroatoms. The van der Waals surface area contributed by atoms with Crippen LogP contribution in [-0.2, 0) is 17.7 Å². The molecule has 29 heavy (non-hydrogen) atoms. The molecule has 1 saturated heterocycles. The van der Waals surface area contributed by atoms with Gasteiger partial charge in [0.1, 0.15) is 5.76 Å². The van der Waals surface area contributed by atoms with Crippen LogP contribution < -0.4 is 10.6 Å². The highest BCUT2D eigenvalue weighted by Gasteiger charge is 2.59. The summed E-state index contributed by atoms with van der Waals surface area (Å²) in [4.78, 5) is 4.85. The minimum absolute atomic E-state index is 0. The lowest BCUT2D eigenvalue weighted by Crippen LogP contribution is -2.68. The summed E-state index contributed by atoms with van der Waals surface area (Å²) in [7, 11) is 0. The van der Waals surface area contributed by atoms with Crippen molar-refractivity contribution in [2.45, 2.75) is 45.4 Å². The van der Waals surface area contributed by atoms with Crippen molar-refractivity contribution in [2.75, 3.05) is 13.2 Å². The summed E-state index contributed by atoms with van der Waals surface area (Å²) >= 11 is 3.49. The van der Waals surface area contributed by atoms with Gasteiger partial charge in [0, 0.05) is 41.4 Å². The zero-order valence-electron chi connectivity index (χ0n) is 16.9. The molecular formula is C22H29BrIN3O2. The van der Waals surface area contributed by atoms with Crippen LogP contribution in [0.4, 0.5) is 0 Å². The second-order valence-corrected chi connectivity index (χ2v) is 9.15. The first-order valence-electron chi connectivity index (χ1n) is 9.97. The van der Waals surface area contributed by atoms with Crippen LogP contribution in [0.2, 0.25) is 0 Å². The molecule has 5 nitrogen and oxygen atoms in total. The maximum atomic E-state index is 5.93. The van der Waals surface area contributed by atoms with Gasteiger partial charge in [-0.15, -0.1) is 24.0 Å². The number of halogens is 2. The molecule has 158 valence electrons. The molecule has 0 radical (unpaired) electrons. The van der Waals surface area contributed by atoms with Crippen molar-refractivity contribution in [3.05, 3.63) is 58.5 Å². The molecule has 3 atom stereocenters. The van der Waals surface area contributed by atoms with Gasteiger partial charge in [-0.3, -0.25) is 0 Å². The molecule has 4 rings (SSSR count). The Hall–Kier alpha value is -1.06. The van der Waals surface area contributed by atoms with E-state index in [1.165, 1.54) is 5.56 Å². The molecule has 0 bridgehead atoms. The SMILES string of the molecule is CC1(C)C(NC(=NCc2ccc(Br)cc2)NCCc2ccco2)C2CCOC21.I. The molecule has 1 saturated carbocycles. The van der Waals surface area contributed by atoms with Gasteiger partial charge in [-0.05, 0) is 36.2 Å². The first-order valence-corrected chi connectivity index (χ1v) is 10.8. The standard InChI is InChI=1S/C22H28BrN3O2.HI/c1-22(2)19(18-10-13-28-20(18)22)26-21(24-11-9-17-4-3-12-27-17)25-14-15-5-7-16(23)8-6-15;/h3-8,12,18-20H,9-11,13-14H2,1-2H3,(H2,24,25,26);1H. The van der Waals surface area contributed by atoms with E-state index in [0.29, 0.717) is 24.6 Å². The van der Waals surface area contributed by atoms with E-state index < -0.39 is 0 Å². The molecule has 2 fully saturated rings. The Morgan fingerprint density at radius 1 is 1.24 bits per heavy atom.